The number of nitrogens with zero attached hydrogens (tertiary/aromatic N) is 2. The Hall–Kier alpha value is -2.11. The van der Waals surface area contributed by atoms with E-state index in [1.165, 1.54) is 18.6 Å². The Labute approximate surface area is 124 Å². The number of nitro benzene ring substituents is 1. The van der Waals surface area contributed by atoms with Crippen molar-refractivity contribution in [2.75, 3.05) is 12.3 Å². The molecule has 1 fully saturated rings. The summed E-state index contributed by atoms with van der Waals surface area (Å²) in [4.78, 5) is 24.9. The van der Waals surface area contributed by atoms with Crippen molar-refractivity contribution in [3.05, 3.63) is 33.9 Å². The molecule has 114 valence electrons. The van der Waals surface area contributed by atoms with E-state index in [0.717, 1.165) is 25.7 Å². The third-order valence-corrected chi connectivity index (χ3v) is 4.13. The normalized spacial score (nSPS) is 15.7. The first-order valence-electron chi connectivity index (χ1n) is 7.40. The van der Waals surface area contributed by atoms with Gasteiger partial charge in [0.2, 0.25) is 0 Å². The maximum Gasteiger partial charge on any atom is 0.292 e. The Morgan fingerprint density at radius 2 is 2.05 bits per heavy atom. The number of hydrogen-bond acceptors (Lipinski definition) is 4. The summed E-state index contributed by atoms with van der Waals surface area (Å²) in [5.74, 6) is -0.203. The molecule has 1 aliphatic carbocycles. The number of nitrogens with two attached hydrogens (primary N) is 1. The minimum atomic E-state index is -0.553. The lowest BCUT2D eigenvalue weighted by Gasteiger charge is -2.33. The summed E-state index contributed by atoms with van der Waals surface area (Å²) in [6.45, 7) is 2.52. The van der Waals surface area contributed by atoms with E-state index in [-0.39, 0.29) is 28.9 Å². The van der Waals surface area contributed by atoms with Crippen molar-refractivity contribution in [1.82, 2.24) is 4.90 Å². The van der Waals surface area contributed by atoms with Crippen molar-refractivity contribution in [1.29, 1.82) is 0 Å². The highest BCUT2D eigenvalue weighted by Crippen LogP contribution is 2.29. The molecule has 0 bridgehead atoms. The molecule has 0 aromatic heterocycles. The lowest BCUT2D eigenvalue weighted by Crippen LogP contribution is -2.41. The number of amides is 1. The molecule has 2 N–H and O–H groups in total. The van der Waals surface area contributed by atoms with Crippen LogP contribution in [-0.2, 0) is 0 Å². The zero-order chi connectivity index (χ0) is 15.4. The number of anilines is 1. The maximum absolute atomic E-state index is 12.7. The maximum atomic E-state index is 12.7. The molecule has 0 radical (unpaired) electrons. The Morgan fingerprint density at radius 3 is 2.62 bits per heavy atom. The predicted molar refractivity (Wildman–Crippen MR) is 81.1 cm³/mol. The van der Waals surface area contributed by atoms with Gasteiger partial charge in [0.25, 0.3) is 11.6 Å². The molecule has 6 nitrogen and oxygen atoms in total. The molecule has 1 aromatic rings. The third kappa shape index (κ3) is 3.15. The lowest BCUT2D eigenvalue weighted by molar-refractivity contribution is -0.383. The van der Waals surface area contributed by atoms with Crippen molar-refractivity contribution in [2.24, 2.45) is 0 Å². The summed E-state index contributed by atoms with van der Waals surface area (Å²) in [7, 11) is 0. The van der Waals surface area contributed by atoms with Gasteiger partial charge in [0, 0.05) is 18.7 Å². The highest BCUT2D eigenvalue weighted by atomic mass is 16.6. The summed E-state index contributed by atoms with van der Waals surface area (Å²) in [6.07, 6.45) is 5.45. The van der Waals surface area contributed by atoms with Gasteiger partial charge in [-0.2, -0.15) is 0 Å². The minimum Gasteiger partial charge on any atom is -0.393 e. The third-order valence-electron chi connectivity index (χ3n) is 4.13. The highest BCUT2D eigenvalue weighted by molar-refractivity contribution is 6.01. The standard InChI is InChI=1S/C15H21N3O3/c1-2-17(11-7-4-3-5-8-11)15(19)12-9-6-10-13(14(12)16)18(20)21/h6,9-11H,2-5,7-8,16H2,1H3. The molecule has 6 heteroatoms. The van der Waals surface area contributed by atoms with Crippen LogP contribution in [0.25, 0.3) is 0 Å². The van der Waals surface area contributed by atoms with E-state index in [0.29, 0.717) is 6.54 Å². The molecular weight excluding hydrogens is 270 g/mol. The second-order valence-corrected chi connectivity index (χ2v) is 5.38. The fourth-order valence-electron chi connectivity index (χ4n) is 3.01. The zero-order valence-corrected chi connectivity index (χ0v) is 12.2. The molecule has 0 aliphatic heterocycles. The lowest BCUT2D eigenvalue weighted by atomic mass is 9.93. The Balaban J connectivity index is 2.29. The van der Waals surface area contributed by atoms with Gasteiger partial charge in [-0.05, 0) is 25.8 Å². The fraction of sp³-hybridized carbons (Fsp3) is 0.533. The highest BCUT2D eigenvalue weighted by Gasteiger charge is 2.28. The Morgan fingerprint density at radius 1 is 1.38 bits per heavy atom. The van der Waals surface area contributed by atoms with Crippen LogP contribution in [0.2, 0.25) is 0 Å². The smallest absolute Gasteiger partial charge is 0.292 e. The molecule has 0 heterocycles. The van der Waals surface area contributed by atoms with Crippen molar-refractivity contribution in [3.8, 4) is 0 Å². The van der Waals surface area contributed by atoms with Crippen molar-refractivity contribution in [2.45, 2.75) is 45.1 Å². The van der Waals surface area contributed by atoms with Crippen LogP contribution in [0.5, 0.6) is 0 Å². The number of benzene rings is 1. The monoisotopic (exact) mass is 291 g/mol. The number of carbonyl (C=O) groups is 1. The average molecular weight is 291 g/mol. The molecule has 1 aliphatic rings. The number of para-hydroxylation sites is 1. The molecule has 1 aromatic carbocycles. The number of rotatable bonds is 4. The molecule has 0 atom stereocenters. The largest absolute Gasteiger partial charge is 0.393 e. The van der Waals surface area contributed by atoms with Crippen LogP contribution in [0.15, 0.2) is 18.2 Å². The quantitative estimate of drug-likeness (QED) is 0.524. The van der Waals surface area contributed by atoms with Gasteiger partial charge >= 0.3 is 0 Å². The van der Waals surface area contributed by atoms with Crippen molar-refractivity contribution in [3.63, 3.8) is 0 Å². The Kier molecular flexibility index (Phi) is 4.77. The van der Waals surface area contributed by atoms with E-state index in [1.807, 2.05) is 6.92 Å². The summed E-state index contributed by atoms with van der Waals surface area (Å²) in [6, 6.07) is 4.62. The van der Waals surface area contributed by atoms with E-state index in [1.54, 1.807) is 11.0 Å². The SMILES string of the molecule is CCN(C(=O)c1cccc([N+](=O)[O-])c1N)C1CCCCC1. The summed E-state index contributed by atoms with van der Waals surface area (Å²) >= 11 is 0. The van der Waals surface area contributed by atoms with E-state index >= 15 is 0 Å². The summed E-state index contributed by atoms with van der Waals surface area (Å²) in [5.41, 5.74) is 5.80. The number of carbonyl (C=O) groups excluding carboxylic acids is 1. The van der Waals surface area contributed by atoms with Gasteiger partial charge in [0.05, 0.1) is 10.5 Å². The Bertz CT molecular complexity index is 539. The van der Waals surface area contributed by atoms with Gasteiger partial charge in [-0.3, -0.25) is 14.9 Å². The predicted octanol–water partition coefficient (Wildman–Crippen LogP) is 2.97. The minimum absolute atomic E-state index is 0.0400. The second kappa shape index (κ2) is 6.56. The van der Waals surface area contributed by atoms with Crippen LogP contribution in [0.3, 0.4) is 0 Å². The zero-order valence-electron chi connectivity index (χ0n) is 12.2. The van der Waals surface area contributed by atoms with Crippen LogP contribution in [0.4, 0.5) is 11.4 Å². The first-order chi connectivity index (χ1) is 10.1. The van der Waals surface area contributed by atoms with Crippen molar-refractivity contribution < 1.29 is 9.72 Å². The average Bonchev–Trinajstić information content (AvgIpc) is 2.49. The van der Waals surface area contributed by atoms with Gasteiger partial charge in [0.15, 0.2) is 0 Å². The van der Waals surface area contributed by atoms with Crippen LogP contribution < -0.4 is 5.73 Å². The summed E-state index contributed by atoms with van der Waals surface area (Å²) < 4.78 is 0. The van der Waals surface area contributed by atoms with E-state index in [2.05, 4.69) is 0 Å². The van der Waals surface area contributed by atoms with Crippen LogP contribution >= 0.6 is 0 Å². The molecule has 2 rings (SSSR count). The van der Waals surface area contributed by atoms with E-state index < -0.39 is 4.92 Å². The summed E-state index contributed by atoms with van der Waals surface area (Å²) in [5, 5.41) is 10.9. The molecule has 1 saturated carbocycles. The number of nitro groups is 1. The molecule has 0 saturated heterocycles. The van der Waals surface area contributed by atoms with Gasteiger partial charge in [0.1, 0.15) is 5.69 Å². The van der Waals surface area contributed by atoms with Crippen LogP contribution in [-0.4, -0.2) is 28.3 Å². The van der Waals surface area contributed by atoms with Gasteiger partial charge in [-0.25, -0.2) is 0 Å². The second-order valence-electron chi connectivity index (χ2n) is 5.38. The van der Waals surface area contributed by atoms with Crippen LogP contribution in [0, 0.1) is 10.1 Å². The van der Waals surface area contributed by atoms with Crippen LogP contribution in [0.1, 0.15) is 49.4 Å². The molecule has 1 amide bonds. The molecular formula is C15H21N3O3. The van der Waals surface area contributed by atoms with Crippen molar-refractivity contribution >= 4 is 17.3 Å². The van der Waals surface area contributed by atoms with Gasteiger partial charge < -0.3 is 10.6 Å². The number of hydrogen-bond donors (Lipinski definition) is 1. The van der Waals surface area contributed by atoms with Gasteiger partial charge in [-0.1, -0.05) is 25.3 Å². The van der Waals surface area contributed by atoms with E-state index in [9.17, 15) is 14.9 Å². The van der Waals surface area contributed by atoms with Gasteiger partial charge in [-0.15, -0.1) is 0 Å². The fourth-order valence-corrected chi connectivity index (χ4v) is 3.01. The first-order valence-corrected chi connectivity index (χ1v) is 7.40. The first kappa shape index (κ1) is 15.3. The molecule has 0 spiro atoms. The molecule has 0 unspecified atom stereocenters. The topological polar surface area (TPSA) is 89.5 Å². The van der Waals surface area contributed by atoms with E-state index in [4.69, 9.17) is 5.73 Å². The molecule has 21 heavy (non-hydrogen) atoms. The number of nitrogen functional groups attached to an aromatic ring is 1.